The maximum Gasteiger partial charge on any atom is 0.299 e. The molecule has 1 aliphatic carbocycles. The monoisotopic (exact) mass is 253 g/mol. The molecular formula is C12H19N3O3. The van der Waals surface area contributed by atoms with E-state index in [-0.39, 0.29) is 17.7 Å². The lowest BCUT2D eigenvalue weighted by Gasteiger charge is -2.24. The van der Waals surface area contributed by atoms with Crippen molar-refractivity contribution >= 4 is 5.91 Å². The smallest absolute Gasteiger partial charge is 0.299 e. The lowest BCUT2D eigenvalue weighted by molar-refractivity contribution is -0.0116. The van der Waals surface area contributed by atoms with Crippen molar-refractivity contribution in [3.05, 3.63) is 11.9 Å². The van der Waals surface area contributed by atoms with Crippen LogP contribution in [-0.4, -0.2) is 26.9 Å². The summed E-state index contributed by atoms with van der Waals surface area (Å²) in [6, 6.07) is 0.541. The average molecular weight is 253 g/mol. The van der Waals surface area contributed by atoms with Gasteiger partial charge in [0.1, 0.15) is 5.69 Å². The van der Waals surface area contributed by atoms with Gasteiger partial charge in [0, 0.05) is 12.2 Å². The van der Waals surface area contributed by atoms with Gasteiger partial charge >= 0.3 is 0 Å². The molecule has 1 atom stereocenters. The Morgan fingerprint density at radius 3 is 2.78 bits per heavy atom. The number of carbonyl (C=O) groups is 1. The van der Waals surface area contributed by atoms with Crippen LogP contribution < -0.4 is 10.5 Å². The molecule has 0 bridgehead atoms. The highest BCUT2D eigenvalue weighted by Crippen LogP contribution is 2.31. The van der Waals surface area contributed by atoms with Gasteiger partial charge in [-0.2, -0.15) is 4.98 Å². The van der Waals surface area contributed by atoms with Crippen LogP contribution in [0.3, 0.4) is 0 Å². The molecule has 1 aromatic heterocycles. The topological polar surface area (TPSA) is 90.4 Å². The zero-order chi connectivity index (χ0) is 13.1. The molecule has 1 aromatic rings. The number of rotatable bonds is 4. The number of aliphatic hydroxyl groups is 1. The Morgan fingerprint density at radius 2 is 2.22 bits per heavy atom. The summed E-state index contributed by atoms with van der Waals surface area (Å²) in [5.41, 5.74) is 5.40. The molecule has 1 unspecified atom stereocenters. The Kier molecular flexibility index (Phi) is 3.86. The molecule has 0 aliphatic heterocycles. The second-order valence-corrected chi connectivity index (χ2v) is 4.69. The molecule has 6 nitrogen and oxygen atoms in total. The Labute approximate surface area is 106 Å². The van der Waals surface area contributed by atoms with E-state index in [1.54, 1.807) is 6.20 Å². The summed E-state index contributed by atoms with van der Waals surface area (Å²) >= 11 is 0. The quantitative estimate of drug-likeness (QED) is 0.789. The number of hydrogen-bond acceptors (Lipinski definition) is 4. The lowest BCUT2D eigenvalue weighted by atomic mass is 9.95. The molecule has 0 radical (unpaired) electrons. The Balaban J connectivity index is 2.27. The summed E-state index contributed by atoms with van der Waals surface area (Å²) in [4.78, 5) is 15.2. The molecule has 1 heterocycles. The first-order chi connectivity index (χ1) is 8.58. The van der Waals surface area contributed by atoms with Crippen molar-refractivity contribution < 1.29 is 14.6 Å². The first-order valence-corrected chi connectivity index (χ1v) is 6.31. The van der Waals surface area contributed by atoms with Gasteiger partial charge in [0.25, 0.3) is 11.9 Å². The molecule has 1 fully saturated rings. The number of imidazole rings is 1. The fourth-order valence-corrected chi connectivity index (χ4v) is 2.36. The number of amides is 1. The lowest BCUT2D eigenvalue weighted by Crippen LogP contribution is -2.17. The minimum Gasteiger partial charge on any atom is -0.435 e. The minimum atomic E-state index is -0.963. The molecule has 1 saturated carbocycles. The molecule has 2 rings (SSSR count). The van der Waals surface area contributed by atoms with Crippen LogP contribution in [0.1, 0.15) is 55.6 Å². The van der Waals surface area contributed by atoms with Gasteiger partial charge in [-0.15, -0.1) is 0 Å². The van der Waals surface area contributed by atoms with E-state index < -0.39 is 12.2 Å². The van der Waals surface area contributed by atoms with Crippen LogP contribution in [0.5, 0.6) is 6.01 Å². The van der Waals surface area contributed by atoms with E-state index >= 15 is 0 Å². The third-order valence-electron chi connectivity index (χ3n) is 3.19. The zero-order valence-corrected chi connectivity index (χ0v) is 10.5. The molecule has 100 valence electrons. The van der Waals surface area contributed by atoms with Gasteiger partial charge in [-0.05, 0) is 19.8 Å². The zero-order valence-electron chi connectivity index (χ0n) is 10.5. The summed E-state index contributed by atoms with van der Waals surface area (Å²) < 4.78 is 7.05. The van der Waals surface area contributed by atoms with Crippen LogP contribution in [-0.2, 0) is 0 Å². The number of primary amides is 1. The molecular weight excluding hydrogens is 234 g/mol. The van der Waals surface area contributed by atoms with E-state index in [9.17, 15) is 9.90 Å². The highest BCUT2D eigenvalue weighted by molar-refractivity contribution is 5.90. The summed E-state index contributed by atoms with van der Waals surface area (Å²) in [7, 11) is 0. The molecule has 3 N–H and O–H groups in total. The highest BCUT2D eigenvalue weighted by Gasteiger charge is 2.22. The van der Waals surface area contributed by atoms with Gasteiger partial charge < -0.3 is 15.6 Å². The standard InChI is InChI=1S/C12H19N3O3/c1-8(16)18-12-14-10(11(13)17)7-15(12)9-5-3-2-4-6-9/h7-9,16H,2-6H2,1H3,(H2,13,17). The third-order valence-corrected chi connectivity index (χ3v) is 3.19. The van der Waals surface area contributed by atoms with Gasteiger partial charge in [0.2, 0.25) is 0 Å². The normalized spacial score (nSPS) is 18.6. The summed E-state index contributed by atoms with van der Waals surface area (Å²) in [5.74, 6) is -0.583. The van der Waals surface area contributed by atoms with Crippen molar-refractivity contribution in [1.82, 2.24) is 9.55 Å². The Bertz CT molecular complexity index is 422. The SMILES string of the molecule is CC(O)Oc1nc(C(N)=O)cn1C1CCCCC1. The highest BCUT2D eigenvalue weighted by atomic mass is 16.6. The number of nitrogens with two attached hydrogens (primary N) is 1. The van der Waals surface area contributed by atoms with Crippen LogP contribution in [0.2, 0.25) is 0 Å². The van der Waals surface area contributed by atoms with Crippen LogP contribution in [0.25, 0.3) is 0 Å². The van der Waals surface area contributed by atoms with Crippen molar-refractivity contribution in [1.29, 1.82) is 0 Å². The van der Waals surface area contributed by atoms with Crippen molar-refractivity contribution in [2.45, 2.75) is 51.4 Å². The predicted octanol–water partition coefficient (Wildman–Crippen LogP) is 1.20. The fraction of sp³-hybridized carbons (Fsp3) is 0.667. The maximum absolute atomic E-state index is 11.2. The van der Waals surface area contributed by atoms with E-state index in [2.05, 4.69) is 4.98 Å². The maximum atomic E-state index is 11.2. The van der Waals surface area contributed by atoms with Crippen LogP contribution in [0.15, 0.2) is 6.20 Å². The number of aromatic nitrogens is 2. The molecule has 0 spiro atoms. The summed E-state index contributed by atoms with van der Waals surface area (Å²) in [6.45, 7) is 1.50. The third kappa shape index (κ3) is 2.81. The summed E-state index contributed by atoms with van der Waals surface area (Å²) in [5, 5.41) is 9.28. The van der Waals surface area contributed by atoms with Gasteiger partial charge in [0.15, 0.2) is 6.29 Å². The van der Waals surface area contributed by atoms with Gasteiger partial charge in [-0.25, -0.2) is 0 Å². The van der Waals surface area contributed by atoms with E-state index in [0.717, 1.165) is 25.7 Å². The van der Waals surface area contributed by atoms with E-state index in [4.69, 9.17) is 10.5 Å². The molecule has 6 heteroatoms. The molecule has 1 aliphatic rings. The Hall–Kier alpha value is -1.56. The Morgan fingerprint density at radius 1 is 1.56 bits per heavy atom. The van der Waals surface area contributed by atoms with Crippen molar-refractivity contribution in [2.24, 2.45) is 5.73 Å². The summed E-state index contributed by atoms with van der Waals surface area (Å²) in [6.07, 6.45) is 6.27. The van der Waals surface area contributed by atoms with Crippen molar-refractivity contribution in [2.75, 3.05) is 0 Å². The van der Waals surface area contributed by atoms with Crippen LogP contribution in [0.4, 0.5) is 0 Å². The van der Waals surface area contributed by atoms with Gasteiger partial charge in [-0.3, -0.25) is 9.36 Å². The predicted molar refractivity (Wildman–Crippen MR) is 65.2 cm³/mol. The molecule has 1 amide bonds. The van der Waals surface area contributed by atoms with Crippen molar-refractivity contribution in [3.8, 4) is 6.01 Å². The molecule has 18 heavy (non-hydrogen) atoms. The van der Waals surface area contributed by atoms with Gasteiger partial charge in [0.05, 0.1) is 0 Å². The largest absolute Gasteiger partial charge is 0.435 e. The van der Waals surface area contributed by atoms with Crippen LogP contribution >= 0.6 is 0 Å². The minimum absolute atomic E-state index is 0.177. The van der Waals surface area contributed by atoms with Gasteiger partial charge in [-0.1, -0.05) is 19.3 Å². The number of aliphatic hydroxyl groups excluding tert-OH is 1. The first kappa shape index (κ1) is 12.9. The van der Waals surface area contributed by atoms with E-state index in [1.165, 1.54) is 13.3 Å². The number of nitrogens with zero attached hydrogens (tertiary/aromatic N) is 2. The first-order valence-electron chi connectivity index (χ1n) is 6.31. The second-order valence-electron chi connectivity index (χ2n) is 4.69. The molecule has 0 aromatic carbocycles. The fourth-order valence-electron chi connectivity index (χ4n) is 2.36. The second kappa shape index (κ2) is 5.39. The van der Waals surface area contributed by atoms with Crippen LogP contribution in [0, 0.1) is 0 Å². The average Bonchev–Trinajstić information content (AvgIpc) is 2.73. The van der Waals surface area contributed by atoms with E-state index in [0.29, 0.717) is 0 Å². The molecule has 0 saturated heterocycles. The number of carbonyl (C=O) groups excluding carboxylic acids is 1. The number of ether oxygens (including phenoxy) is 1. The number of hydrogen-bond donors (Lipinski definition) is 2. The van der Waals surface area contributed by atoms with Crippen molar-refractivity contribution in [3.63, 3.8) is 0 Å². The van der Waals surface area contributed by atoms with E-state index in [1.807, 2.05) is 4.57 Å².